The van der Waals surface area contributed by atoms with Crippen molar-refractivity contribution in [1.82, 2.24) is 4.98 Å². The number of hydrogen-bond acceptors (Lipinski definition) is 3. The quantitative estimate of drug-likeness (QED) is 0.893. The standard InChI is InChI=1S/C16H19N3O/c1-11(2)18-14-8-13(9-17-10-14)16(20)19-15-7-5-4-6-12(15)3/h4-11,18H,1-3H3,(H,19,20). The molecule has 1 aromatic heterocycles. The molecule has 0 radical (unpaired) electrons. The van der Waals surface area contributed by atoms with E-state index in [2.05, 4.69) is 15.6 Å². The van der Waals surface area contributed by atoms with Crippen molar-refractivity contribution in [2.45, 2.75) is 26.8 Å². The first kappa shape index (κ1) is 14.1. The molecule has 2 aromatic rings. The Balaban J connectivity index is 2.15. The Morgan fingerprint density at radius 3 is 2.65 bits per heavy atom. The summed E-state index contributed by atoms with van der Waals surface area (Å²) in [6, 6.07) is 9.80. The fourth-order valence-corrected chi connectivity index (χ4v) is 1.88. The van der Waals surface area contributed by atoms with Crippen molar-refractivity contribution >= 4 is 17.3 Å². The molecule has 4 nitrogen and oxygen atoms in total. The first-order chi connectivity index (χ1) is 9.56. The predicted octanol–water partition coefficient (Wildman–Crippen LogP) is 3.46. The van der Waals surface area contributed by atoms with Crippen molar-refractivity contribution in [3.63, 3.8) is 0 Å². The Bertz CT molecular complexity index is 608. The molecule has 0 aliphatic rings. The van der Waals surface area contributed by atoms with Gasteiger partial charge in [-0.05, 0) is 38.5 Å². The van der Waals surface area contributed by atoms with Crippen molar-refractivity contribution in [2.75, 3.05) is 10.6 Å². The van der Waals surface area contributed by atoms with Crippen LogP contribution in [0, 0.1) is 6.92 Å². The topological polar surface area (TPSA) is 54.0 Å². The SMILES string of the molecule is Cc1ccccc1NC(=O)c1cncc(NC(C)C)c1. The molecule has 20 heavy (non-hydrogen) atoms. The first-order valence-electron chi connectivity index (χ1n) is 6.65. The molecule has 2 rings (SSSR count). The van der Waals surface area contributed by atoms with Crippen molar-refractivity contribution in [3.05, 3.63) is 53.9 Å². The third-order valence-corrected chi connectivity index (χ3v) is 2.85. The minimum absolute atomic E-state index is 0.154. The Kier molecular flexibility index (Phi) is 4.35. The average Bonchev–Trinajstić information content (AvgIpc) is 2.41. The molecule has 0 unspecified atom stereocenters. The van der Waals surface area contributed by atoms with Crippen molar-refractivity contribution in [1.29, 1.82) is 0 Å². The van der Waals surface area contributed by atoms with Crippen LogP contribution in [0.5, 0.6) is 0 Å². The van der Waals surface area contributed by atoms with Gasteiger partial charge in [0.15, 0.2) is 0 Å². The first-order valence-corrected chi connectivity index (χ1v) is 6.65. The molecule has 0 saturated carbocycles. The summed E-state index contributed by atoms with van der Waals surface area (Å²) >= 11 is 0. The smallest absolute Gasteiger partial charge is 0.257 e. The van der Waals surface area contributed by atoms with Crippen LogP contribution in [-0.4, -0.2) is 16.9 Å². The highest BCUT2D eigenvalue weighted by atomic mass is 16.1. The summed E-state index contributed by atoms with van der Waals surface area (Å²) in [5.74, 6) is -0.154. The number of rotatable bonds is 4. The van der Waals surface area contributed by atoms with Gasteiger partial charge < -0.3 is 10.6 Å². The molecule has 2 N–H and O–H groups in total. The van der Waals surface area contributed by atoms with Crippen LogP contribution in [0.1, 0.15) is 29.8 Å². The minimum atomic E-state index is -0.154. The van der Waals surface area contributed by atoms with Crippen LogP contribution >= 0.6 is 0 Å². The number of carbonyl (C=O) groups is 1. The molecule has 4 heteroatoms. The summed E-state index contributed by atoms with van der Waals surface area (Å²) in [4.78, 5) is 16.3. The molecule has 1 amide bonds. The molecule has 0 atom stereocenters. The lowest BCUT2D eigenvalue weighted by Gasteiger charge is -2.11. The zero-order chi connectivity index (χ0) is 14.5. The fraction of sp³-hybridized carbons (Fsp3) is 0.250. The van der Waals surface area contributed by atoms with E-state index in [-0.39, 0.29) is 5.91 Å². The van der Waals surface area contributed by atoms with Crippen molar-refractivity contribution < 1.29 is 4.79 Å². The molecular weight excluding hydrogens is 250 g/mol. The lowest BCUT2D eigenvalue weighted by molar-refractivity contribution is 0.102. The van der Waals surface area contributed by atoms with E-state index in [9.17, 15) is 4.79 Å². The molecule has 0 aliphatic heterocycles. The van der Waals surface area contributed by atoms with E-state index in [1.807, 2.05) is 45.0 Å². The maximum atomic E-state index is 12.2. The highest BCUT2D eigenvalue weighted by Gasteiger charge is 2.09. The Labute approximate surface area is 119 Å². The summed E-state index contributed by atoms with van der Waals surface area (Å²) in [5, 5.41) is 6.13. The van der Waals surface area contributed by atoms with Crippen molar-refractivity contribution in [3.8, 4) is 0 Å². The van der Waals surface area contributed by atoms with Crippen LogP contribution in [0.3, 0.4) is 0 Å². The van der Waals surface area contributed by atoms with Gasteiger partial charge in [-0.2, -0.15) is 0 Å². The molecule has 0 aliphatic carbocycles. The zero-order valence-electron chi connectivity index (χ0n) is 12.0. The number of nitrogens with zero attached hydrogens (tertiary/aromatic N) is 1. The summed E-state index contributed by atoms with van der Waals surface area (Å²) < 4.78 is 0. The highest BCUT2D eigenvalue weighted by Crippen LogP contribution is 2.16. The van der Waals surface area contributed by atoms with Gasteiger partial charge in [0.1, 0.15) is 0 Å². The largest absolute Gasteiger partial charge is 0.382 e. The minimum Gasteiger partial charge on any atom is -0.382 e. The van der Waals surface area contributed by atoms with Crippen LogP contribution in [0.15, 0.2) is 42.7 Å². The van der Waals surface area contributed by atoms with Crippen LogP contribution < -0.4 is 10.6 Å². The number of carbonyl (C=O) groups excluding carboxylic acids is 1. The van der Waals surface area contributed by atoms with Crippen LogP contribution in [-0.2, 0) is 0 Å². The monoisotopic (exact) mass is 269 g/mol. The van der Waals surface area contributed by atoms with E-state index in [1.54, 1.807) is 18.5 Å². The number of hydrogen-bond donors (Lipinski definition) is 2. The van der Waals surface area contributed by atoms with Crippen LogP contribution in [0.2, 0.25) is 0 Å². The fourth-order valence-electron chi connectivity index (χ4n) is 1.88. The van der Waals surface area contributed by atoms with Gasteiger partial charge in [0, 0.05) is 24.1 Å². The van der Waals surface area contributed by atoms with Crippen LogP contribution in [0.4, 0.5) is 11.4 Å². The summed E-state index contributed by atoms with van der Waals surface area (Å²) in [5.41, 5.74) is 3.24. The summed E-state index contributed by atoms with van der Waals surface area (Å²) in [7, 11) is 0. The third-order valence-electron chi connectivity index (χ3n) is 2.85. The number of aryl methyl sites for hydroxylation is 1. The molecule has 1 aromatic carbocycles. The molecular formula is C16H19N3O. The van der Waals surface area contributed by atoms with E-state index >= 15 is 0 Å². The molecule has 0 bridgehead atoms. The zero-order valence-corrected chi connectivity index (χ0v) is 12.0. The molecule has 0 fully saturated rings. The van der Waals surface area contributed by atoms with Gasteiger partial charge in [-0.25, -0.2) is 0 Å². The van der Waals surface area contributed by atoms with E-state index < -0.39 is 0 Å². The number of nitrogens with one attached hydrogen (secondary N) is 2. The second-order valence-corrected chi connectivity index (χ2v) is 5.03. The predicted molar refractivity (Wildman–Crippen MR) is 82.1 cm³/mol. The molecule has 0 saturated heterocycles. The van der Waals surface area contributed by atoms with E-state index in [1.165, 1.54) is 0 Å². The number of benzene rings is 1. The second kappa shape index (κ2) is 6.19. The number of aromatic nitrogens is 1. The normalized spacial score (nSPS) is 10.4. The maximum Gasteiger partial charge on any atom is 0.257 e. The lowest BCUT2D eigenvalue weighted by atomic mass is 10.2. The van der Waals surface area contributed by atoms with Gasteiger partial charge >= 0.3 is 0 Å². The summed E-state index contributed by atoms with van der Waals surface area (Å²) in [6.45, 7) is 6.05. The van der Waals surface area contributed by atoms with Gasteiger partial charge in [-0.1, -0.05) is 18.2 Å². The van der Waals surface area contributed by atoms with Gasteiger partial charge in [0.2, 0.25) is 0 Å². The van der Waals surface area contributed by atoms with Gasteiger partial charge in [-0.15, -0.1) is 0 Å². The average molecular weight is 269 g/mol. The summed E-state index contributed by atoms with van der Waals surface area (Å²) in [6.07, 6.45) is 3.28. The Morgan fingerprint density at radius 2 is 1.95 bits per heavy atom. The van der Waals surface area contributed by atoms with E-state index in [4.69, 9.17) is 0 Å². The number of anilines is 2. The van der Waals surface area contributed by atoms with E-state index in [0.29, 0.717) is 11.6 Å². The van der Waals surface area contributed by atoms with Gasteiger partial charge in [0.05, 0.1) is 11.3 Å². The Hall–Kier alpha value is -2.36. The Morgan fingerprint density at radius 1 is 1.20 bits per heavy atom. The molecule has 1 heterocycles. The molecule has 104 valence electrons. The van der Waals surface area contributed by atoms with E-state index in [0.717, 1.165) is 16.9 Å². The maximum absolute atomic E-state index is 12.2. The lowest BCUT2D eigenvalue weighted by Crippen LogP contribution is -2.15. The van der Waals surface area contributed by atoms with Gasteiger partial charge in [-0.3, -0.25) is 9.78 Å². The number of para-hydroxylation sites is 1. The third kappa shape index (κ3) is 3.57. The van der Waals surface area contributed by atoms with Gasteiger partial charge in [0.25, 0.3) is 5.91 Å². The van der Waals surface area contributed by atoms with Crippen molar-refractivity contribution in [2.24, 2.45) is 0 Å². The van der Waals surface area contributed by atoms with Crippen LogP contribution in [0.25, 0.3) is 0 Å². The number of amides is 1. The second-order valence-electron chi connectivity index (χ2n) is 5.03. The highest BCUT2D eigenvalue weighted by molar-refractivity contribution is 6.04. The number of pyridine rings is 1. The molecule has 0 spiro atoms.